The summed E-state index contributed by atoms with van der Waals surface area (Å²) in [5.41, 5.74) is 1.03. The van der Waals surface area contributed by atoms with Crippen molar-refractivity contribution >= 4 is 27.6 Å². The molecule has 0 saturated carbocycles. The number of hydrogen-bond donors (Lipinski definition) is 0. The van der Waals surface area contributed by atoms with Gasteiger partial charge in [0.05, 0.1) is 10.5 Å². The van der Waals surface area contributed by atoms with Crippen LogP contribution < -0.4 is 4.74 Å². The van der Waals surface area contributed by atoms with Crippen LogP contribution in [-0.2, 0) is 10.0 Å². The van der Waals surface area contributed by atoms with Gasteiger partial charge in [-0.2, -0.15) is 4.31 Å². The third kappa shape index (κ3) is 4.57. The Morgan fingerprint density at radius 2 is 1.68 bits per heavy atom. The minimum Gasteiger partial charge on any atom is -0.423 e. The molecule has 2 atom stereocenters. The van der Waals surface area contributed by atoms with Crippen LogP contribution in [0.5, 0.6) is 5.75 Å². The number of aryl methyl sites for hydroxylation is 1. The fraction of sp³-hybridized carbons (Fsp3) is 0.381. The van der Waals surface area contributed by atoms with E-state index in [0.717, 1.165) is 12.0 Å². The number of esters is 1. The molecule has 5 nitrogen and oxygen atoms in total. The molecule has 2 aromatic carbocycles. The van der Waals surface area contributed by atoms with Gasteiger partial charge in [0.2, 0.25) is 10.0 Å². The standard InChI is InChI=1S/C21H24ClNO4S/c1-14-10-15(2)13-23(12-14)28(25,26)19-7-4-17(5-8-19)21(24)27-20-9-6-18(22)11-16(20)3/h4-9,11,14-15H,10,12-13H2,1-3H3/t14-,15+. The van der Waals surface area contributed by atoms with Crippen LogP contribution in [0.4, 0.5) is 0 Å². The number of sulfonamides is 1. The third-order valence-corrected chi connectivity index (χ3v) is 6.98. The van der Waals surface area contributed by atoms with Crippen LogP contribution in [0.1, 0.15) is 36.2 Å². The van der Waals surface area contributed by atoms with Gasteiger partial charge in [0.1, 0.15) is 5.75 Å². The fourth-order valence-corrected chi connectivity index (χ4v) is 5.51. The summed E-state index contributed by atoms with van der Waals surface area (Å²) < 4.78 is 32.8. The number of hydrogen-bond acceptors (Lipinski definition) is 4. The molecule has 1 fully saturated rings. The normalized spacial score (nSPS) is 20.7. The van der Waals surface area contributed by atoms with Gasteiger partial charge in [-0.1, -0.05) is 25.4 Å². The Bertz CT molecular complexity index is 962. The summed E-state index contributed by atoms with van der Waals surface area (Å²) in [6.07, 6.45) is 1.03. The van der Waals surface area contributed by atoms with Crippen LogP contribution in [0, 0.1) is 18.8 Å². The van der Waals surface area contributed by atoms with Crippen LogP contribution in [0.3, 0.4) is 0 Å². The molecule has 0 amide bonds. The summed E-state index contributed by atoms with van der Waals surface area (Å²) in [5.74, 6) is 0.530. The summed E-state index contributed by atoms with van der Waals surface area (Å²) >= 11 is 5.91. The van der Waals surface area contributed by atoms with Gasteiger partial charge in [0.25, 0.3) is 0 Å². The van der Waals surface area contributed by atoms with Crippen molar-refractivity contribution in [2.75, 3.05) is 13.1 Å². The van der Waals surface area contributed by atoms with E-state index in [1.165, 1.54) is 28.6 Å². The van der Waals surface area contributed by atoms with Crippen molar-refractivity contribution < 1.29 is 17.9 Å². The molecule has 0 unspecified atom stereocenters. The van der Waals surface area contributed by atoms with Crippen LogP contribution in [-0.4, -0.2) is 31.8 Å². The molecule has 150 valence electrons. The molecule has 2 aromatic rings. The van der Waals surface area contributed by atoms with Crippen molar-refractivity contribution in [2.45, 2.75) is 32.1 Å². The first-order valence-electron chi connectivity index (χ1n) is 9.25. The lowest BCUT2D eigenvalue weighted by Gasteiger charge is -2.34. The Morgan fingerprint density at radius 3 is 2.25 bits per heavy atom. The number of carbonyl (C=O) groups excluding carboxylic acids is 1. The largest absolute Gasteiger partial charge is 0.423 e. The smallest absolute Gasteiger partial charge is 0.343 e. The van der Waals surface area contributed by atoms with Gasteiger partial charge in [-0.15, -0.1) is 0 Å². The monoisotopic (exact) mass is 421 g/mol. The van der Waals surface area contributed by atoms with Crippen molar-refractivity contribution in [3.63, 3.8) is 0 Å². The second-order valence-corrected chi connectivity index (χ2v) is 9.97. The first-order chi connectivity index (χ1) is 13.2. The number of benzene rings is 2. The van der Waals surface area contributed by atoms with Crippen molar-refractivity contribution in [3.8, 4) is 5.75 Å². The minimum atomic E-state index is -3.57. The van der Waals surface area contributed by atoms with Crippen LogP contribution >= 0.6 is 11.6 Å². The molecular weight excluding hydrogens is 398 g/mol. The summed E-state index contributed by atoms with van der Waals surface area (Å²) in [7, 11) is -3.57. The molecule has 28 heavy (non-hydrogen) atoms. The molecule has 1 aliphatic heterocycles. The summed E-state index contributed by atoms with van der Waals surface area (Å²) in [6.45, 7) is 6.97. The lowest BCUT2D eigenvalue weighted by molar-refractivity contribution is 0.0733. The molecule has 0 spiro atoms. The van der Waals surface area contributed by atoms with E-state index < -0.39 is 16.0 Å². The van der Waals surface area contributed by atoms with Gasteiger partial charge in [0.15, 0.2) is 0 Å². The average Bonchev–Trinajstić information content (AvgIpc) is 2.63. The first-order valence-corrected chi connectivity index (χ1v) is 11.1. The number of halogens is 1. The maximum Gasteiger partial charge on any atom is 0.343 e. The maximum atomic E-state index is 12.9. The molecule has 0 N–H and O–H groups in total. The highest BCUT2D eigenvalue weighted by Crippen LogP contribution is 2.27. The number of piperidine rings is 1. The molecule has 1 saturated heterocycles. The summed E-state index contributed by atoms with van der Waals surface area (Å²) in [4.78, 5) is 12.6. The molecule has 0 bridgehead atoms. The van der Waals surface area contributed by atoms with Gasteiger partial charge in [-0.3, -0.25) is 0 Å². The number of carbonyl (C=O) groups is 1. The van der Waals surface area contributed by atoms with Gasteiger partial charge < -0.3 is 4.74 Å². The molecule has 0 aliphatic carbocycles. The lowest BCUT2D eigenvalue weighted by atomic mass is 9.94. The second-order valence-electron chi connectivity index (χ2n) is 7.59. The first kappa shape index (κ1) is 20.8. The zero-order valence-electron chi connectivity index (χ0n) is 16.2. The number of nitrogens with zero attached hydrogens (tertiary/aromatic N) is 1. The molecule has 3 rings (SSSR count). The van der Waals surface area contributed by atoms with Gasteiger partial charge in [-0.25, -0.2) is 13.2 Å². The number of ether oxygens (including phenoxy) is 1. The second kappa shape index (κ2) is 8.23. The zero-order chi connectivity index (χ0) is 20.5. The molecule has 7 heteroatoms. The Balaban J connectivity index is 1.76. The minimum absolute atomic E-state index is 0.188. The topological polar surface area (TPSA) is 63.7 Å². The van der Waals surface area contributed by atoms with E-state index in [0.29, 0.717) is 35.7 Å². The highest BCUT2D eigenvalue weighted by atomic mass is 35.5. The molecule has 1 aliphatic rings. The third-order valence-electron chi connectivity index (χ3n) is 4.90. The van der Waals surface area contributed by atoms with E-state index in [4.69, 9.17) is 16.3 Å². The average molecular weight is 422 g/mol. The van der Waals surface area contributed by atoms with E-state index in [1.807, 2.05) is 0 Å². The van der Waals surface area contributed by atoms with E-state index in [1.54, 1.807) is 25.1 Å². The molecule has 1 heterocycles. The molecule has 0 aromatic heterocycles. The maximum absolute atomic E-state index is 12.9. The zero-order valence-corrected chi connectivity index (χ0v) is 17.8. The summed E-state index contributed by atoms with van der Waals surface area (Å²) in [5, 5.41) is 0.563. The van der Waals surface area contributed by atoms with Crippen LogP contribution in [0.2, 0.25) is 5.02 Å². The predicted molar refractivity (Wildman–Crippen MR) is 109 cm³/mol. The van der Waals surface area contributed by atoms with Crippen molar-refractivity contribution in [1.29, 1.82) is 0 Å². The highest BCUT2D eigenvalue weighted by Gasteiger charge is 2.31. The Hall–Kier alpha value is -1.89. The summed E-state index contributed by atoms with van der Waals surface area (Å²) in [6, 6.07) is 10.9. The van der Waals surface area contributed by atoms with E-state index in [9.17, 15) is 13.2 Å². The highest BCUT2D eigenvalue weighted by molar-refractivity contribution is 7.89. The van der Waals surface area contributed by atoms with Crippen molar-refractivity contribution in [1.82, 2.24) is 4.31 Å². The Morgan fingerprint density at radius 1 is 1.07 bits per heavy atom. The Labute approximate surface area is 171 Å². The molecule has 0 radical (unpaired) electrons. The van der Waals surface area contributed by atoms with Crippen LogP contribution in [0.25, 0.3) is 0 Å². The fourth-order valence-electron chi connectivity index (χ4n) is 3.60. The van der Waals surface area contributed by atoms with Crippen molar-refractivity contribution in [2.24, 2.45) is 11.8 Å². The van der Waals surface area contributed by atoms with Crippen LogP contribution in [0.15, 0.2) is 47.4 Å². The van der Waals surface area contributed by atoms with Crippen molar-refractivity contribution in [3.05, 3.63) is 58.6 Å². The Kier molecular flexibility index (Phi) is 6.12. The number of rotatable bonds is 4. The van der Waals surface area contributed by atoms with Gasteiger partial charge >= 0.3 is 5.97 Å². The van der Waals surface area contributed by atoms with E-state index in [2.05, 4.69) is 13.8 Å². The SMILES string of the molecule is Cc1cc(Cl)ccc1OC(=O)c1ccc(S(=O)(=O)N2C[C@H](C)C[C@H](C)C2)cc1. The van der Waals surface area contributed by atoms with E-state index >= 15 is 0 Å². The quantitative estimate of drug-likeness (QED) is 0.537. The predicted octanol–water partition coefficient (Wildman–Crippen LogP) is 4.53. The van der Waals surface area contributed by atoms with E-state index in [-0.39, 0.29) is 10.5 Å². The lowest BCUT2D eigenvalue weighted by Crippen LogP contribution is -2.42. The molecular formula is C21H24ClNO4S. The van der Waals surface area contributed by atoms with Gasteiger partial charge in [0, 0.05) is 18.1 Å². The van der Waals surface area contributed by atoms with Gasteiger partial charge in [-0.05, 0) is 73.2 Å².